The van der Waals surface area contributed by atoms with Crippen LogP contribution in [-0.4, -0.2) is 53.8 Å². The fourth-order valence-corrected chi connectivity index (χ4v) is 5.45. The molecule has 8 nitrogen and oxygen atoms in total. The highest BCUT2D eigenvalue weighted by Crippen LogP contribution is 2.37. The molecule has 1 aromatic carbocycles. The molecule has 2 aromatic rings. The van der Waals surface area contributed by atoms with Crippen LogP contribution in [0.5, 0.6) is 17.2 Å². The van der Waals surface area contributed by atoms with Crippen molar-refractivity contribution in [1.29, 1.82) is 0 Å². The Morgan fingerprint density at radius 1 is 1.21 bits per heavy atom. The summed E-state index contributed by atoms with van der Waals surface area (Å²) < 4.78 is 11.0. The standard InChI is InChI=1S/C26H34N2O6/c1-16-12-22(30)25(32)26(34-16)19(17-8-9-21(29)23(13-17)33-2)14-24(31)27-15-18-6-5-11-28-10-4-3-7-20(18)28/h8-9,12-13,18-20,29,32H,3-7,10-11,14-15H2,1-2H3,(H,27,31)/t18-,19-,20+/m0/s1. The molecule has 3 atom stereocenters. The number of amides is 1. The number of hydrogen-bond acceptors (Lipinski definition) is 7. The molecule has 2 aliphatic heterocycles. The molecule has 2 aliphatic rings. The number of aryl methyl sites for hydroxylation is 1. The number of aromatic hydroxyl groups is 2. The number of ether oxygens (including phenoxy) is 1. The minimum Gasteiger partial charge on any atom is -0.504 e. The largest absolute Gasteiger partial charge is 0.504 e. The van der Waals surface area contributed by atoms with Gasteiger partial charge in [-0.1, -0.05) is 12.5 Å². The third kappa shape index (κ3) is 5.22. The van der Waals surface area contributed by atoms with E-state index in [1.54, 1.807) is 19.1 Å². The topological polar surface area (TPSA) is 112 Å². The number of nitrogens with zero attached hydrogens (tertiary/aromatic N) is 1. The molecule has 0 saturated carbocycles. The van der Waals surface area contributed by atoms with Gasteiger partial charge in [0.2, 0.25) is 17.1 Å². The number of rotatable bonds is 7. The van der Waals surface area contributed by atoms with Gasteiger partial charge in [0.1, 0.15) is 5.76 Å². The van der Waals surface area contributed by atoms with Crippen LogP contribution in [-0.2, 0) is 4.79 Å². The molecule has 1 aromatic heterocycles. The molecule has 2 saturated heterocycles. The van der Waals surface area contributed by atoms with E-state index in [1.807, 2.05) is 0 Å². The van der Waals surface area contributed by atoms with Gasteiger partial charge in [-0.25, -0.2) is 0 Å². The second-order valence-corrected chi connectivity index (χ2v) is 9.43. The van der Waals surface area contributed by atoms with Crippen molar-refractivity contribution in [2.45, 2.75) is 57.4 Å². The summed E-state index contributed by atoms with van der Waals surface area (Å²) in [5.74, 6) is -0.433. The predicted molar refractivity (Wildman–Crippen MR) is 127 cm³/mol. The third-order valence-electron chi connectivity index (χ3n) is 7.17. The van der Waals surface area contributed by atoms with Crippen LogP contribution < -0.4 is 15.5 Å². The maximum absolute atomic E-state index is 13.1. The molecule has 3 N–H and O–H groups in total. The molecule has 2 fully saturated rings. The van der Waals surface area contributed by atoms with Gasteiger partial charge in [0.15, 0.2) is 17.3 Å². The predicted octanol–water partition coefficient (Wildman–Crippen LogP) is 3.27. The van der Waals surface area contributed by atoms with Gasteiger partial charge in [0, 0.05) is 25.1 Å². The van der Waals surface area contributed by atoms with Gasteiger partial charge in [0.25, 0.3) is 0 Å². The summed E-state index contributed by atoms with van der Waals surface area (Å²) in [6.45, 7) is 4.52. The van der Waals surface area contributed by atoms with Crippen LogP contribution in [0.25, 0.3) is 0 Å². The Hall–Kier alpha value is -3.00. The normalized spacial score (nSPS) is 21.5. The number of phenols is 1. The van der Waals surface area contributed by atoms with E-state index in [9.17, 15) is 19.8 Å². The van der Waals surface area contributed by atoms with Crippen molar-refractivity contribution in [2.75, 3.05) is 26.7 Å². The van der Waals surface area contributed by atoms with E-state index in [4.69, 9.17) is 9.15 Å². The molecule has 0 unspecified atom stereocenters. The van der Waals surface area contributed by atoms with Crippen molar-refractivity contribution in [3.8, 4) is 17.2 Å². The zero-order valence-corrected chi connectivity index (χ0v) is 19.9. The minimum atomic E-state index is -0.723. The lowest BCUT2D eigenvalue weighted by molar-refractivity contribution is -0.121. The number of carbonyl (C=O) groups excluding carboxylic acids is 1. The van der Waals surface area contributed by atoms with E-state index in [1.165, 1.54) is 38.5 Å². The second-order valence-electron chi connectivity index (χ2n) is 9.43. The molecule has 0 bridgehead atoms. The first-order chi connectivity index (χ1) is 16.4. The molecule has 0 spiro atoms. The number of phenolic OH excluding ortho intramolecular Hbond substituents is 1. The summed E-state index contributed by atoms with van der Waals surface area (Å²) >= 11 is 0. The van der Waals surface area contributed by atoms with Gasteiger partial charge in [-0.15, -0.1) is 0 Å². The Labute approximate surface area is 199 Å². The van der Waals surface area contributed by atoms with Gasteiger partial charge in [-0.3, -0.25) is 9.59 Å². The molecule has 0 aliphatic carbocycles. The van der Waals surface area contributed by atoms with Gasteiger partial charge in [0.05, 0.1) is 13.0 Å². The molecule has 34 heavy (non-hydrogen) atoms. The Bertz CT molecular complexity index is 1080. The number of carbonyl (C=O) groups is 1. The maximum atomic E-state index is 13.1. The maximum Gasteiger partial charge on any atom is 0.227 e. The zero-order valence-electron chi connectivity index (χ0n) is 19.9. The van der Waals surface area contributed by atoms with Gasteiger partial charge in [-0.2, -0.15) is 0 Å². The molecular weight excluding hydrogens is 436 g/mol. The van der Waals surface area contributed by atoms with Gasteiger partial charge >= 0.3 is 0 Å². The number of benzene rings is 1. The SMILES string of the molecule is COc1cc([C@H](CC(=O)NC[C@@H]2CCCN3CCCC[C@H]23)c2oc(C)cc(=O)c2O)ccc1O. The molecule has 184 valence electrons. The zero-order chi connectivity index (χ0) is 24.2. The Kier molecular flexibility index (Phi) is 7.46. The number of piperidine rings is 2. The van der Waals surface area contributed by atoms with Crippen molar-refractivity contribution >= 4 is 5.91 Å². The summed E-state index contributed by atoms with van der Waals surface area (Å²) in [5, 5.41) is 23.6. The van der Waals surface area contributed by atoms with Crippen molar-refractivity contribution in [2.24, 2.45) is 5.92 Å². The average Bonchev–Trinajstić information content (AvgIpc) is 2.84. The van der Waals surface area contributed by atoms with Crippen molar-refractivity contribution < 1.29 is 24.2 Å². The summed E-state index contributed by atoms with van der Waals surface area (Å²) in [5.41, 5.74) is 0.0273. The van der Waals surface area contributed by atoms with Crippen molar-refractivity contribution in [1.82, 2.24) is 10.2 Å². The summed E-state index contributed by atoms with van der Waals surface area (Å²) in [4.78, 5) is 27.9. The van der Waals surface area contributed by atoms with Crippen LogP contribution in [0.4, 0.5) is 0 Å². The van der Waals surface area contributed by atoms with E-state index in [-0.39, 0.29) is 29.6 Å². The Morgan fingerprint density at radius 3 is 2.79 bits per heavy atom. The lowest BCUT2D eigenvalue weighted by atomic mass is 9.83. The van der Waals surface area contributed by atoms with E-state index >= 15 is 0 Å². The summed E-state index contributed by atoms with van der Waals surface area (Å²) in [6, 6.07) is 6.43. The van der Waals surface area contributed by atoms with Crippen molar-refractivity contribution in [3.63, 3.8) is 0 Å². The fraction of sp³-hybridized carbons (Fsp3) is 0.538. The molecular formula is C26H34N2O6. The summed E-state index contributed by atoms with van der Waals surface area (Å²) in [7, 11) is 1.43. The highest BCUT2D eigenvalue weighted by atomic mass is 16.5. The highest BCUT2D eigenvalue weighted by Gasteiger charge is 2.33. The van der Waals surface area contributed by atoms with Gasteiger partial charge in [-0.05, 0) is 69.3 Å². The molecule has 0 radical (unpaired) electrons. The number of fused-ring (bicyclic) bond motifs is 1. The lowest BCUT2D eigenvalue weighted by Crippen LogP contribution is -2.51. The van der Waals surface area contributed by atoms with E-state index < -0.39 is 17.1 Å². The smallest absolute Gasteiger partial charge is 0.227 e. The second kappa shape index (κ2) is 10.5. The fourth-order valence-electron chi connectivity index (χ4n) is 5.45. The van der Waals surface area contributed by atoms with E-state index in [0.29, 0.717) is 29.8 Å². The first-order valence-corrected chi connectivity index (χ1v) is 12.1. The first-order valence-electron chi connectivity index (χ1n) is 12.1. The van der Waals surface area contributed by atoms with Crippen LogP contribution in [0.3, 0.4) is 0 Å². The number of nitrogens with one attached hydrogen (secondary N) is 1. The molecule has 3 heterocycles. The third-order valence-corrected chi connectivity index (χ3v) is 7.17. The lowest BCUT2D eigenvalue weighted by Gasteiger charge is -2.44. The van der Waals surface area contributed by atoms with Crippen LogP contribution in [0, 0.1) is 12.8 Å². The minimum absolute atomic E-state index is 0.0189. The van der Waals surface area contributed by atoms with Crippen LogP contribution in [0.2, 0.25) is 0 Å². The molecule has 1 amide bonds. The van der Waals surface area contributed by atoms with Crippen molar-refractivity contribution in [3.05, 3.63) is 51.6 Å². The number of hydrogen-bond donors (Lipinski definition) is 3. The Balaban J connectivity index is 1.55. The van der Waals surface area contributed by atoms with Crippen LogP contribution in [0.15, 0.2) is 33.5 Å². The first kappa shape index (κ1) is 24.1. The average molecular weight is 471 g/mol. The van der Waals surface area contributed by atoms with Crippen LogP contribution >= 0.6 is 0 Å². The molecule has 8 heteroatoms. The van der Waals surface area contributed by atoms with E-state index in [0.717, 1.165) is 25.9 Å². The van der Waals surface area contributed by atoms with Gasteiger partial charge < -0.3 is 29.6 Å². The Morgan fingerprint density at radius 2 is 2.00 bits per heavy atom. The quantitative estimate of drug-likeness (QED) is 0.569. The van der Waals surface area contributed by atoms with E-state index in [2.05, 4.69) is 10.2 Å². The van der Waals surface area contributed by atoms with Crippen LogP contribution in [0.1, 0.15) is 61.5 Å². The monoisotopic (exact) mass is 470 g/mol. The summed E-state index contributed by atoms with van der Waals surface area (Å²) in [6.07, 6.45) is 5.90. The number of methoxy groups -OCH3 is 1. The molecule has 4 rings (SSSR count). The highest BCUT2D eigenvalue weighted by molar-refractivity contribution is 5.77.